The van der Waals surface area contributed by atoms with Crippen molar-refractivity contribution in [1.82, 2.24) is 20.2 Å². The standard InChI is InChI=1S/C23H23N5O3S/c24-22(29)26-14-8-15-3-4-16(9-14)28(15)11-13-12-30-19-10-17(5-6-18(13)19)31-23-27-21-20(32-23)2-1-7-25-21/h1-2,5-7,10,12,14-16H,3-4,8-9,11H2,(H3,24,26,29)/t14?,15-,16+. The number of amides is 2. The number of nitrogens with one attached hydrogen (secondary N) is 1. The molecule has 3 N–H and O–H groups in total. The average Bonchev–Trinajstić information content (AvgIpc) is 3.42. The smallest absolute Gasteiger partial charge is 0.312 e. The third kappa shape index (κ3) is 3.57. The minimum absolute atomic E-state index is 0.180. The summed E-state index contributed by atoms with van der Waals surface area (Å²) in [7, 11) is 0. The summed E-state index contributed by atoms with van der Waals surface area (Å²) >= 11 is 1.47. The van der Waals surface area contributed by atoms with Crippen LogP contribution in [0, 0.1) is 0 Å². The monoisotopic (exact) mass is 449 g/mol. The maximum absolute atomic E-state index is 11.2. The number of benzene rings is 1. The van der Waals surface area contributed by atoms with E-state index in [2.05, 4.69) is 26.3 Å². The fourth-order valence-corrected chi connectivity index (χ4v) is 5.99. The van der Waals surface area contributed by atoms with Crippen LogP contribution in [0.1, 0.15) is 31.2 Å². The van der Waals surface area contributed by atoms with Crippen molar-refractivity contribution < 1.29 is 13.9 Å². The zero-order valence-electron chi connectivity index (χ0n) is 17.4. The van der Waals surface area contributed by atoms with Gasteiger partial charge in [0.1, 0.15) is 11.3 Å². The fraction of sp³-hybridized carbons (Fsp3) is 0.348. The molecule has 2 fully saturated rings. The van der Waals surface area contributed by atoms with E-state index in [1.165, 1.54) is 16.9 Å². The van der Waals surface area contributed by atoms with E-state index in [0.29, 0.717) is 28.7 Å². The molecule has 6 rings (SSSR count). The van der Waals surface area contributed by atoms with Gasteiger partial charge in [0.2, 0.25) is 0 Å². The maximum Gasteiger partial charge on any atom is 0.312 e. The molecular weight excluding hydrogens is 426 g/mol. The normalized spacial score (nSPS) is 23.1. The molecule has 0 radical (unpaired) electrons. The van der Waals surface area contributed by atoms with Crippen molar-refractivity contribution in [3.8, 4) is 10.9 Å². The van der Waals surface area contributed by atoms with Gasteiger partial charge in [0.25, 0.3) is 5.19 Å². The van der Waals surface area contributed by atoms with Crippen LogP contribution < -0.4 is 15.8 Å². The van der Waals surface area contributed by atoms with Gasteiger partial charge in [-0.15, -0.1) is 0 Å². The van der Waals surface area contributed by atoms with E-state index in [-0.39, 0.29) is 6.04 Å². The number of nitrogens with zero attached hydrogens (tertiary/aromatic N) is 3. The number of aromatic nitrogens is 2. The first-order chi connectivity index (χ1) is 15.6. The second kappa shape index (κ2) is 7.75. The number of piperidine rings is 1. The highest BCUT2D eigenvalue weighted by Gasteiger charge is 2.41. The Morgan fingerprint density at radius 1 is 1.28 bits per heavy atom. The molecule has 0 spiro atoms. The number of ether oxygens (including phenoxy) is 1. The van der Waals surface area contributed by atoms with Crippen LogP contribution in [0.2, 0.25) is 0 Å². The Hall–Kier alpha value is -3.17. The molecule has 32 heavy (non-hydrogen) atoms. The predicted molar refractivity (Wildman–Crippen MR) is 122 cm³/mol. The number of rotatable bonds is 5. The molecule has 2 aliphatic heterocycles. The summed E-state index contributed by atoms with van der Waals surface area (Å²) < 4.78 is 12.8. The van der Waals surface area contributed by atoms with Gasteiger partial charge >= 0.3 is 6.03 Å². The number of pyridine rings is 1. The molecule has 9 heteroatoms. The lowest BCUT2D eigenvalue weighted by Crippen LogP contribution is -2.51. The van der Waals surface area contributed by atoms with Gasteiger partial charge in [-0.1, -0.05) is 11.3 Å². The van der Waals surface area contributed by atoms with Gasteiger partial charge in [-0.05, 0) is 49.9 Å². The van der Waals surface area contributed by atoms with Crippen molar-refractivity contribution in [3.05, 3.63) is 48.4 Å². The van der Waals surface area contributed by atoms with E-state index in [1.807, 2.05) is 30.5 Å². The Labute approximate surface area is 188 Å². The molecule has 5 heterocycles. The molecule has 3 atom stereocenters. The molecule has 164 valence electrons. The van der Waals surface area contributed by atoms with E-state index in [9.17, 15) is 4.79 Å². The highest BCUT2D eigenvalue weighted by molar-refractivity contribution is 7.20. The van der Waals surface area contributed by atoms with Crippen LogP contribution >= 0.6 is 11.3 Å². The molecule has 2 bridgehead atoms. The van der Waals surface area contributed by atoms with E-state index in [0.717, 1.165) is 47.9 Å². The zero-order chi connectivity index (χ0) is 21.7. The molecule has 3 aromatic heterocycles. The van der Waals surface area contributed by atoms with E-state index < -0.39 is 6.03 Å². The number of primary amides is 1. The Morgan fingerprint density at radius 3 is 2.91 bits per heavy atom. The molecule has 0 aliphatic carbocycles. The number of urea groups is 1. The Bertz CT molecular complexity index is 1250. The van der Waals surface area contributed by atoms with E-state index in [1.54, 1.807) is 6.20 Å². The van der Waals surface area contributed by atoms with Crippen LogP contribution in [0.3, 0.4) is 0 Å². The first-order valence-corrected chi connectivity index (χ1v) is 11.7. The van der Waals surface area contributed by atoms with Crippen molar-refractivity contribution in [1.29, 1.82) is 0 Å². The molecule has 2 amide bonds. The minimum Gasteiger partial charge on any atom is -0.464 e. The van der Waals surface area contributed by atoms with E-state index in [4.69, 9.17) is 14.9 Å². The lowest BCUT2D eigenvalue weighted by Gasteiger charge is -2.38. The second-order valence-corrected chi connectivity index (χ2v) is 9.55. The third-order valence-corrected chi connectivity index (χ3v) is 7.45. The SMILES string of the molecule is NC(=O)NC1C[C@H]2CC[C@@H](C1)N2Cc1coc2cc(Oc3nc4ncccc4s3)ccc12. The Morgan fingerprint density at radius 2 is 2.12 bits per heavy atom. The summed E-state index contributed by atoms with van der Waals surface area (Å²) in [4.78, 5) is 22.5. The summed E-state index contributed by atoms with van der Waals surface area (Å²) in [6.07, 6.45) is 7.79. The summed E-state index contributed by atoms with van der Waals surface area (Å²) in [6, 6.07) is 10.5. The van der Waals surface area contributed by atoms with Crippen LogP contribution in [0.4, 0.5) is 4.79 Å². The van der Waals surface area contributed by atoms with Crippen LogP contribution in [-0.2, 0) is 6.54 Å². The van der Waals surface area contributed by atoms with Crippen molar-refractivity contribution in [2.45, 2.75) is 50.4 Å². The molecule has 2 aliphatic rings. The first kappa shape index (κ1) is 19.5. The molecule has 1 aromatic carbocycles. The number of furan rings is 1. The van der Waals surface area contributed by atoms with Gasteiger partial charge in [-0.3, -0.25) is 4.90 Å². The number of nitrogens with two attached hydrogens (primary N) is 1. The number of thiazole rings is 1. The van der Waals surface area contributed by atoms with Gasteiger partial charge in [-0.25, -0.2) is 9.78 Å². The predicted octanol–water partition coefficient (Wildman–Crippen LogP) is 4.39. The number of fused-ring (bicyclic) bond motifs is 4. The molecule has 8 nitrogen and oxygen atoms in total. The fourth-order valence-electron chi connectivity index (χ4n) is 5.19. The highest BCUT2D eigenvalue weighted by Crippen LogP contribution is 2.38. The first-order valence-electron chi connectivity index (χ1n) is 10.8. The largest absolute Gasteiger partial charge is 0.464 e. The molecule has 0 saturated carbocycles. The summed E-state index contributed by atoms with van der Waals surface area (Å²) in [5, 5.41) is 4.56. The number of carbonyl (C=O) groups is 1. The zero-order valence-corrected chi connectivity index (χ0v) is 18.2. The van der Waals surface area contributed by atoms with Crippen LogP contribution in [0.5, 0.6) is 10.9 Å². The van der Waals surface area contributed by atoms with Crippen molar-refractivity contribution in [2.24, 2.45) is 5.73 Å². The van der Waals surface area contributed by atoms with Gasteiger partial charge in [0.15, 0.2) is 5.65 Å². The number of hydrogen-bond acceptors (Lipinski definition) is 7. The summed E-state index contributed by atoms with van der Waals surface area (Å²) in [6.45, 7) is 0.843. The quantitative estimate of drug-likeness (QED) is 0.468. The van der Waals surface area contributed by atoms with Gasteiger partial charge in [-0.2, -0.15) is 4.98 Å². The average molecular weight is 450 g/mol. The molecular formula is C23H23N5O3S. The lowest BCUT2D eigenvalue weighted by molar-refractivity contribution is 0.112. The minimum atomic E-state index is -0.427. The van der Waals surface area contributed by atoms with Crippen molar-refractivity contribution in [2.75, 3.05) is 0 Å². The molecule has 1 unspecified atom stereocenters. The van der Waals surface area contributed by atoms with Crippen LogP contribution in [0.25, 0.3) is 21.3 Å². The maximum atomic E-state index is 11.2. The van der Waals surface area contributed by atoms with Crippen molar-refractivity contribution >= 4 is 38.7 Å². The number of carbonyl (C=O) groups excluding carboxylic acids is 1. The summed E-state index contributed by atoms with van der Waals surface area (Å²) in [5.74, 6) is 0.691. The number of hydrogen-bond donors (Lipinski definition) is 2. The van der Waals surface area contributed by atoms with Crippen molar-refractivity contribution in [3.63, 3.8) is 0 Å². The molecule has 4 aromatic rings. The Kier molecular flexibility index (Phi) is 4.73. The third-order valence-electron chi connectivity index (χ3n) is 6.56. The molecule has 2 saturated heterocycles. The topological polar surface area (TPSA) is 107 Å². The van der Waals surface area contributed by atoms with Crippen LogP contribution in [-0.4, -0.2) is 39.0 Å². The van der Waals surface area contributed by atoms with Gasteiger partial charge in [0, 0.05) is 47.9 Å². The Balaban J connectivity index is 1.18. The van der Waals surface area contributed by atoms with E-state index >= 15 is 0 Å². The van der Waals surface area contributed by atoms with Crippen LogP contribution in [0.15, 0.2) is 47.2 Å². The second-order valence-electron chi connectivity index (χ2n) is 8.56. The van der Waals surface area contributed by atoms with Gasteiger partial charge in [0.05, 0.1) is 11.0 Å². The highest BCUT2D eigenvalue weighted by atomic mass is 32.1. The summed E-state index contributed by atoms with van der Waals surface area (Å²) in [5.41, 5.74) is 8.00. The van der Waals surface area contributed by atoms with Gasteiger partial charge < -0.3 is 20.2 Å². The lowest BCUT2D eigenvalue weighted by atomic mass is 9.96.